The summed E-state index contributed by atoms with van der Waals surface area (Å²) in [6.07, 6.45) is 3.03. The molecule has 168 valence electrons. The molecule has 5 nitrogen and oxygen atoms in total. The van der Waals surface area contributed by atoms with Gasteiger partial charge in [0.05, 0.1) is 23.0 Å². The Labute approximate surface area is 199 Å². The Morgan fingerprint density at radius 1 is 0.912 bits per heavy atom. The van der Waals surface area contributed by atoms with Crippen molar-refractivity contribution in [3.8, 4) is 11.3 Å². The van der Waals surface area contributed by atoms with Crippen LogP contribution in [0, 0.1) is 0 Å². The van der Waals surface area contributed by atoms with E-state index in [9.17, 15) is 4.79 Å². The van der Waals surface area contributed by atoms with E-state index in [0.29, 0.717) is 18.4 Å². The van der Waals surface area contributed by atoms with Crippen molar-refractivity contribution >= 4 is 11.6 Å². The third kappa shape index (κ3) is 4.46. The molecule has 0 unspecified atom stereocenters. The third-order valence-corrected chi connectivity index (χ3v) is 6.02. The second kappa shape index (κ2) is 9.71. The highest BCUT2D eigenvalue weighted by Crippen LogP contribution is 2.23. The lowest BCUT2D eigenvalue weighted by Gasteiger charge is -2.20. The van der Waals surface area contributed by atoms with Gasteiger partial charge >= 0.3 is 0 Å². The summed E-state index contributed by atoms with van der Waals surface area (Å²) in [6, 6.07) is 32.1. The molecule has 0 saturated carbocycles. The van der Waals surface area contributed by atoms with Crippen molar-refractivity contribution in [2.45, 2.75) is 25.8 Å². The normalized spacial score (nSPS) is 11.9. The fourth-order valence-electron chi connectivity index (χ4n) is 4.28. The third-order valence-electron chi connectivity index (χ3n) is 6.02. The second-order valence-corrected chi connectivity index (χ2v) is 8.26. The SMILES string of the molecule is CCc1c(C(=O)N[C@@H](Cc2ccccc2)c2ccccc2)cnc2cc(-c3ccccc3)nn12. The number of rotatable bonds is 7. The van der Waals surface area contributed by atoms with E-state index >= 15 is 0 Å². The largest absolute Gasteiger partial charge is 0.345 e. The van der Waals surface area contributed by atoms with Crippen LogP contribution in [0.5, 0.6) is 0 Å². The first-order valence-electron chi connectivity index (χ1n) is 11.6. The molecule has 1 amide bonds. The Morgan fingerprint density at radius 2 is 1.56 bits per heavy atom. The number of hydrogen-bond donors (Lipinski definition) is 1. The van der Waals surface area contributed by atoms with E-state index in [2.05, 4.69) is 34.6 Å². The van der Waals surface area contributed by atoms with Crippen LogP contribution in [-0.2, 0) is 12.8 Å². The van der Waals surface area contributed by atoms with E-state index in [1.165, 1.54) is 5.56 Å². The fraction of sp³-hybridized carbons (Fsp3) is 0.138. The average molecular weight is 447 g/mol. The van der Waals surface area contributed by atoms with Crippen LogP contribution >= 0.6 is 0 Å². The summed E-state index contributed by atoms with van der Waals surface area (Å²) in [5, 5.41) is 8.03. The number of carbonyl (C=O) groups is 1. The number of nitrogens with zero attached hydrogens (tertiary/aromatic N) is 3. The molecule has 5 aromatic rings. The van der Waals surface area contributed by atoms with E-state index in [1.54, 1.807) is 10.7 Å². The van der Waals surface area contributed by atoms with Crippen LogP contribution in [-0.4, -0.2) is 20.5 Å². The number of fused-ring (bicyclic) bond motifs is 1. The van der Waals surface area contributed by atoms with Crippen LogP contribution in [0.15, 0.2) is 103 Å². The smallest absolute Gasteiger partial charge is 0.255 e. The molecule has 5 heteroatoms. The number of carbonyl (C=O) groups excluding carboxylic acids is 1. The van der Waals surface area contributed by atoms with Gasteiger partial charge in [-0.25, -0.2) is 9.50 Å². The van der Waals surface area contributed by atoms with Crippen LogP contribution in [0.3, 0.4) is 0 Å². The molecule has 3 aromatic carbocycles. The quantitative estimate of drug-likeness (QED) is 0.350. The van der Waals surface area contributed by atoms with E-state index < -0.39 is 0 Å². The van der Waals surface area contributed by atoms with Gasteiger partial charge in [0.15, 0.2) is 5.65 Å². The van der Waals surface area contributed by atoms with Crippen LogP contribution in [0.25, 0.3) is 16.9 Å². The van der Waals surface area contributed by atoms with Crippen LogP contribution in [0.2, 0.25) is 0 Å². The predicted octanol–water partition coefficient (Wildman–Crippen LogP) is 5.67. The van der Waals surface area contributed by atoms with Gasteiger partial charge in [-0.2, -0.15) is 5.10 Å². The van der Waals surface area contributed by atoms with E-state index in [0.717, 1.165) is 28.2 Å². The summed E-state index contributed by atoms with van der Waals surface area (Å²) in [7, 11) is 0. The van der Waals surface area contributed by atoms with Gasteiger partial charge in [-0.1, -0.05) is 97.9 Å². The molecule has 2 heterocycles. The number of hydrogen-bond acceptors (Lipinski definition) is 3. The van der Waals surface area contributed by atoms with Gasteiger partial charge in [0.1, 0.15) is 0 Å². The van der Waals surface area contributed by atoms with E-state index in [1.807, 2.05) is 79.7 Å². The van der Waals surface area contributed by atoms with Crippen molar-refractivity contribution in [1.82, 2.24) is 19.9 Å². The summed E-state index contributed by atoms with van der Waals surface area (Å²) in [6.45, 7) is 2.04. The molecule has 0 aliphatic carbocycles. The van der Waals surface area contributed by atoms with Gasteiger partial charge in [0, 0.05) is 17.8 Å². The lowest BCUT2D eigenvalue weighted by atomic mass is 9.98. The van der Waals surface area contributed by atoms with Crippen molar-refractivity contribution in [1.29, 1.82) is 0 Å². The average Bonchev–Trinajstić information content (AvgIpc) is 3.34. The molecule has 0 fully saturated rings. The van der Waals surface area contributed by atoms with Gasteiger partial charge in [-0.05, 0) is 24.0 Å². The van der Waals surface area contributed by atoms with Crippen molar-refractivity contribution in [3.63, 3.8) is 0 Å². The van der Waals surface area contributed by atoms with Gasteiger partial charge < -0.3 is 5.32 Å². The van der Waals surface area contributed by atoms with Gasteiger partial charge in [-0.3, -0.25) is 4.79 Å². The molecule has 1 atom stereocenters. The van der Waals surface area contributed by atoms with E-state index in [-0.39, 0.29) is 11.9 Å². The van der Waals surface area contributed by atoms with Gasteiger partial charge in [0.25, 0.3) is 5.91 Å². The first-order valence-corrected chi connectivity index (χ1v) is 11.6. The highest BCUT2D eigenvalue weighted by Gasteiger charge is 2.21. The fourth-order valence-corrected chi connectivity index (χ4v) is 4.28. The summed E-state index contributed by atoms with van der Waals surface area (Å²) < 4.78 is 1.80. The first-order chi connectivity index (χ1) is 16.7. The number of aryl methyl sites for hydroxylation is 1. The zero-order valence-electron chi connectivity index (χ0n) is 19.1. The molecule has 2 aromatic heterocycles. The molecule has 0 aliphatic rings. The minimum Gasteiger partial charge on any atom is -0.345 e. The zero-order valence-corrected chi connectivity index (χ0v) is 19.1. The molecule has 34 heavy (non-hydrogen) atoms. The first kappa shape index (κ1) is 21.6. The summed E-state index contributed by atoms with van der Waals surface area (Å²) >= 11 is 0. The lowest BCUT2D eigenvalue weighted by Crippen LogP contribution is -2.31. The van der Waals surface area contributed by atoms with Gasteiger partial charge in [0.2, 0.25) is 0 Å². The topological polar surface area (TPSA) is 59.3 Å². The standard InChI is InChI=1S/C29H26N4O/c1-2-27-24(20-30-28-19-26(32-33(27)28)23-16-10-5-11-17-23)29(34)31-25(22-14-8-4-9-15-22)18-21-12-6-3-7-13-21/h3-17,19-20,25H,2,18H2,1H3,(H,31,34)/t25-/m0/s1. The van der Waals surface area contributed by atoms with E-state index in [4.69, 9.17) is 5.10 Å². The number of aromatic nitrogens is 3. The number of benzene rings is 3. The molecule has 5 rings (SSSR count). The Kier molecular flexibility index (Phi) is 6.17. The second-order valence-electron chi connectivity index (χ2n) is 8.26. The monoisotopic (exact) mass is 446 g/mol. The van der Waals surface area contributed by atoms with Gasteiger partial charge in [-0.15, -0.1) is 0 Å². The van der Waals surface area contributed by atoms with Crippen molar-refractivity contribution in [2.75, 3.05) is 0 Å². The maximum atomic E-state index is 13.5. The van der Waals surface area contributed by atoms with Crippen LogP contribution < -0.4 is 5.32 Å². The zero-order chi connectivity index (χ0) is 23.3. The molecule has 0 bridgehead atoms. The minimum absolute atomic E-state index is 0.146. The molecule has 0 radical (unpaired) electrons. The Morgan fingerprint density at radius 3 is 2.24 bits per heavy atom. The molecular formula is C29H26N4O. The number of amides is 1. The predicted molar refractivity (Wildman–Crippen MR) is 135 cm³/mol. The Balaban J connectivity index is 1.48. The summed E-state index contributed by atoms with van der Waals surface area (Å²) in [4.78, 5) is 18.1. The Hall–Kier alpha value is -4.25. The summed E-state index contributed by atoms with van der Waals surface area (Å²) in [5.74, 6) is -0.146. The molecule has 0 aliphatic heterocycles. The summed E-state index contributed by atoms with van der Waals surface area (Å²) in [5.41, 5.74) is 6.22. The molecular weight excluding hydrogens is 420 g/mol. The van der Waals surface area contributed by atoms with Crippen LogP contribution in [0.1, 0.15) is 40.1 Å². The Bertz CT molecular complexity index is 1400. The molecule has 1 N–H and O–H groups in total. The minimum atomic E-state index is -0.158. The van der Waals surface area contributed by atoms with Crippen LogP contribution in [0.4, 0.5) is 0 Å². The maximum Gasteiger partial charge on any atom is 0.255 e. The van der Waals surface area contributed by atoms with Crippen molar-refractivity contribution in [3.05, 3.63) is 126 Å². The van der Waals surface area contributed by atoms with Crippen molar-refractivity contribution < 1.29 is 4.79 Å². The number of nitrogens with one attached hydrogen (secondary N) is 1. The lowest BCUT2D eigenvalue weighted by molar-refractivity contribution is 0.0934. The highest BCUT2D eigenvalue weighted by molar-refractivity contribution is 5.95. The molecule has 0 spiro atoms. The molecule has 0 saturated heterocycles. The maximum absolute atomic E-state index is 13.5. The highest BCUT2D eigenvalue weighted by atomic mass is 16.1. The van der Waals surface area contributed by atoms with Crippen molar-refractivity contribution in [2.24, 2.45) is 0 Å².